The van der Waals surface area contributed by atoms with Crippen LogP contribution in [0.4, 0.5) is 5.69 Å². The molecule has 0 saturated heterocycles. The maximum absolute atomic E-state index is 10.8. The summed E-state index contributed by atoms with van der Waals surface area (Å²) in [5.74, 6) is 0.624. The molecule has 0 aliphatic heterocycles. The summed E-state index contributed by atoms with van der Waals surface area (Å²) in [6, 6.07) is 16.0. The van der Waals surface area contributed by atoms with E-state index in [4.69, 9.17) is 9.15 Å². The topological polar surface area (TPSA) is 65.5 Å². The zero-order chi connectivity index (χ0) is 14.8. The van der Waals surface area contributed by atoms with Gasteiger partial charge in [-0.15, -0.1) is 0 Å². The van der Waals surface area contributed by atoms with E-state index in [-0.39, 0.29) is 11.8 Å². The van der Waals surface area contributed by atoms with Gasteiger partial charge in [-0.05, 0) is 17.7 Å². The lowest BCUT2D eigenvalue weighted by Crippen LogP contribution is -2.01. The standard InChI is InChI=1S/C16H13NO4/c1-20-16(11-5-3-2-4-6-11)15-10-12-9-13(17(18)19)7-8-14(12)21-15/h2-10,16H,1H3. The number of rotatable bonds is 4. The molecule has 106 valence electrons. The number of nitro benzene ring substituents is 1. The van der Waals surface area contributed by atoms with Crippen molar-refractivity contribution in [2.45, 2.75) is 6.10 Å². The second-order valence-corrected chi connectivity index (χ2v) is 4.65. The van der Waals surface area contributed by atoms with Gasteiger partial charge in [-0.2, -0.15) is 0 Å². The van der Waals surface area contributed by atoms with E-state index in [1.54, 1.807) is 19.2 Å². The Kier molecular flexibility index (Phi) is 3.41. The summed E-state index contributed by atoms with van der Waals surface area (Å²) < 4.78 is 11.3. The SMILES string of the molecule is COC(c1ccccc1)c1cc2cc([N+](=O)[O-])ccc2o1. The van der Waals surface area contributed by atoms with E-state index in [0.29, 0.717) is 16.7 Å². The van der Waals surface area contributed by atoms with Crippen LogP contribution in [0.15, 0.2) is 59.0 Å². The lowest BCUT2D eigenvalue weighted by Gasteiger charge is -2.12. The summed E-state index contributed by atoms with van der Waals surface area (Å²) in [4.78, 5) is 10.4. The Labute approximate surface area is 120 Å². The summed E-state index contributed by atoms with van der Waals surface area (Å²) in [6.45, 7) is 0. The van der Waals surface area contributed by atoms with Gasteiger partial charge >= 0.3 is 0 Å². The summed E-state index contributed by atoms with van der Waals surface area (Å²) >= 11 is 0. The first-order valence-corrected chi connectivity index (χ1v) is 6.44. The second-order valence-electron chi connectivity index (χ2n) is 4.65. The Morgan fingerprint density at radius 2 is 1.90 bits per heavy atom. The van der Waals surface area contributed by atoms with E-state index >= 15 is 0 Å². The smallest absolute Gasteiger partial charge is 0.270 e. The number of fused-ring (bicyclic) bond motifs is 1. The molecule has 1 aromatic heterocycles. The van der Waals surface area contributed by atoms with E-state index in [1.165, 1.54) is 12.1 Å². The van der Waals surface area contributed by atoms with Crippen LogP contribution in [0.3, 0.4) is 0 Å². The number of nitro groups is 1. The third kappa shape index (κ3) is 2.51. The van der Waals surface area contributed by atoms with E-state index in [1.807, 2.05) is 30.3 Å². The molecule has 1 unspecified atom stereocenters. The largest absolute Gasteiger partial charge is 0.458 e. The van der Waals surface area contributed by atoms with Gasteiger partial charge in [0.15, 0.2) is 0 Å². The second kappa shape index (κ2) is 5.38. The van der Waals surface area contributed by atoms with E-state index in [9.17, 15) is 10.1 Å². The van der Waals surface area contributed by atoms with Crippen molar-refractivity contribution in [3.63, 3.8) is 0 Å². The highest BCUT2D eigenvalue weighted by Gasteiger charge is 2.19. The van der Waals surface area contributed by atoms with Gasteiger partial charge in [-0.25, -0.2) is 0 Å². The zero-order valence-electron chi connectivity index (χ0n) is 11.4. The summed E-state index contributed by atoms with van der Waals surface area (Å²) in [6.07, 6.45) is -0.336. The fourth-order valence-electron chi connectivity index (χ4n) is 2.34. The van der Waals surface area contributed by atoms with Gasteiger partial charge in [0.2, 0.25) is 0 Å². The molecule has 1 heterocycles. The third-order valence-corrected chi connectivity index (χ3v) is 3.33. The number of methoxy groups -OCH3 is 1. The molecule has 5 heteroatoms. The van der Waals surface area contributed by atoms with Crippen LogP contribution in [-0.2, 0) is 4.74 Å². The Hall–Kier alpha value is -2.66. The maximum atomic E-state index is 10.8. The zero-order valence-corrected chi connectivity index (χ0v) is 11.4. The first-order chi connectivity index (χ1) is 10.2. The number of non-ortho nitro benzene ring substituents is 1. The molecule has 3 aromatic rings. The third-order valence-electron chi connectivity index (χ3n) is 3.33. The van der Waals surface area contributed by atoms with E-state index in [0.717, 1.165) is 5.56 Å². The highest BCUT2D eigenvalue weighted by molar-refractivity contribution is 5.80. The highest BCUT2D eigenvalue weighted by Crippen LogP contribution is 2.31. The average molecular weight is 283 g/mol. The first kappa shape index (κ1) is 13.3. The van der Waals surface area contributed by atoms with E-state index in [2.05, 4.69) is 0 Å². The van der Waals surface area contributed by atoms with Crippen LogP contribution in [0.2, 0.25) is 0 Å². The Bertz CT molecular complexity index is 779. The van der Waals surface area contributed by atoms with Gasteiger partial charge in [0, 0.05) is 24.6 Å². The van der Waals surface area contributed by atoms with Gasteiger partial charge in [0.05, 0.1) is 4.92 Å². The van der Waals surface area contributed by atoms with Crippen molar-refractivity contribution >= 4 is 16.7 Å². The molecule has 21 heavy (non-hydrogen) atoms. The Morgan fingerprint density at radius 3 is 2.57 bits per heavy atom. The van der Waals surface area contributed by atoms with E-state index < -0.39 is 4.92 Å². The van der Waals surface area contributed by atoms with Gasteiger partial charge in [-0.3, -0.25) is 10.1 Å². The number of nitrogens with zero attached hydrogens (tertiary/aromatic N) is 1. The van der Waals surface area contributed by atoms with Crippen LogP contribution < -0.4 is 0 Å². The molecule has 0 bridgehead atoms. The van der Waals surface area contributed by atoms with Crippen LogP contribution >= 0.6 is 0 Å². The fraction of sp³-hybridized carbons (Fsp3) is 0.125. The molecule has 2 aromatic carbocycles. The molecular formula is C16H13NO4. The molecule has 0 aliphatic carbocycles. The predicted octanol–water partition coefficient (Wildman–Crippen LogP) is 4.08. The lowest BCUT2D eigenvalue weighted by atomic mass is 10.1. The van der Waals surface area contributed by atoms with Crippen molar-refractivity contribution < 1.29 is 14.1 Å². The number of ether oxygens (including phenoxy) is 1. The monoisotopic (exact) mass is 283 g/mol. The molecule has 0 amide bonds. The fourth-order valence-corrected chi connectivity index (χ4v) is 2.34. The first-order valence-electron chi connectivity index (χ1n) is 6.44. The molecule has 0 radical (unpaired) electrons. The van der Waals surface area contributed by atoms with Crippen molar-refractivity contribution in [2.24, 2.45) is 0 Å². The summed E-state index contributed by atoms with van der Waals surface area (Å²) in [5, 5.41) is 11.5. The quantitative estimate of drug-likeness (QED) is 0.534. The number of furan rings is 1. The van der Waals surface area contributed by atoms with Crippen LogP contribution in [-0.4, -0.2) is 12.0 Å². The molecule has 0 fully saturated rings. The van der Waals surface area contributed by atoms with Gasteiger partial charge < -0.3 is 9.15 Å². The van der Waals surface area contributed by atoms with Crippen LogP contribution in [0.5, 0.6) is 0 Å². The molecular weight excluding hydrogens is 270 g/mol. The molecule has 0 spiro atoms. The van der Waals surface area contributed by atoms with Gasteiger partial charge in [-0.1, -0.05) is 30.3 Å². The van der Waals surface area contributed by atoms with Crippen LogP contribution in [0.25, 0.3) is 11.0 Å². The number of hydrogen-bond acceptors (Lipinski definition) is 4. The number of hydrogen-bond donors (Lipinski definition) is 0. The Morgan fingerprint density at radius 1 is 1.14 bits per heavy atom. The minimum Gasteiger partial charge on any atom is -0.458 e. The molecule has 0 aliphatic rings. The average Bonchev–Trinajstić information content (AvgIpc) is 2.91. The summed E-state index contributed by atoms with van der Waals surface area (Å²) in [5.41, 5.74) is 1.62. The molecule has 1 atom stereocenters. The minimum absolute atomic E-state index is 0.0449. The van der Waals surface area contributed by atoms with Crippen molar-refractivity contribution in [2.75, 3.05) is 7.11 Å². The van der Waals surface area contributed by atoms with Crippen molar-refractivity contribution in [3.05, 3.63) is 76.0 Å². The van der Waals surface area contributed by atoms with Crippen molar-refractivity contribution in [1.29, 1.82) is 0 Å². The van der Waals surface area contributed by atoms with Crippen LogP contribution in [0.1, 0.15) is 17.4 Å². The summed E-state index contributed by atoms with van der Waals surface area (Å²) in [7, 11) is 1.60. The maximum Gasteiger partial charge on any atom is 0.270 e. The van der Waals surface area contributed by atoms with Gasteiger partial charge in [0.1, 0.15) is 17.4 Å². The number of benzene rings is 2. The normalized spacial score (nSPS) is 12.4. The highest BCUT2D eigenvalue weighted by atomic mass is 16.6. The minimum atomic E-state index is -0.420. The molecule has 0 saturated carbocycles. The lowest BCUT2D eigenvalue weighted by molar-refractivity contribution is -0.384. The molecule has 3 rings (SSSR count). The van der Waals surface area contributed by atoms with Gasteiger partial charge in [0.25, 0.3) is 5.69 Å². The van der Waals surface area contributed by atoms with Crippen LogP contribution in [0, 0.1) is 10.1 Å². The molecule has 0 N–H and O–H groups in total. The predicted molar refractivity (Wildman–Crippen MR) is 78.2 cm³/mol. The van der Waals surface area contributed by atoms with Crippen molar-refractivity contribution in [1.82, 2.24) is 0 Å². The molecule has 5 nitrogen and oxygen atoms in total. The van der Waals surface area contributed by atoms with Crippen molar-refractivity contribution in [3.8, 4) is 0 Å². The Balaban J connectivity index is 2.05.